The standard InChI is InChI=1S/FH2P.H2O3Si/c1-2;1-4(2)3/h2H2;1-2H. The fraction of sp³-hybridized carbons (Fsp3) is 0. The second kappa shape index (κ2) is 8.88. The molecule has 0 rings (SSSR count). The summed E-state index contributed by atoms with van der Waals surface area (Å²) in [6.07, 6.45) is 0. The highest BCUT2D eigenvalue weighted by Gasteiger charge is 1.85. The molecule has 6 heavy (non-hydrogen) atoms. The van der Waals surface area contributed by atoms with Crippen molar-refractivity contribution in [3.8, 4) is 0 Å². The van der Waals surface area contributed by atoms with Crippen molar-refractivity contribution in [2.75, 3.05) is 0 Å². The van der Waals surface area contributed by atoms with Gasteiger partial charge < -0.3 is 9.59 Å². The molecule has 0 radical (unpaired) electrons. The molecule has 0 saturated carbocycles. The molecule has 2 N–H and O–H groups in total. The van der Waals surface area contributed by atoms with Crippen LogP contribution in [0.1, 0.15) is 0 Å². The van der Waals surface area contributed by atoms with E-state index >= 15 is 0 Å². The first kappa shape index (κ1) is 9.36. The molecule has 3 nitrogen and oxygen atoms in total. The number of hydrogen-bond acceptors (Lipinski definition) is 1. The maximum absolute atomic E-state index is 9.42. The maximum Gasteiger partial charge on any atom is 0.761 e. The normalized spacial score (nSPS) is 5.00. The summed E-state index contributed by atoms with van der Waals surface area (Å²) in [6, 6.07) is 0. The fourth-order valence-corrected chi connectivity index (χ4v) is 0. The van der Waals surface area contributed by atoms with Crippen LogP contribution in [0.2, 0.25) is 0 Å². The van der Waals surface area contributed by atoms with E-state index in [1.807, 2.05) is 0 Å². The van der Waals surface area contributed by atoms with Gasteiger partial charge in [0.15, 0.2) is 0 Å². The molecule has 0 spiro atoms. The van der Waals surface area contributed by atoms with Gasteiger partial charge in [-0.15, -0.1) is 0 Å². The Morgan fingerprint density at radius 3 is 1.50 bits per heavy atom. The van der Waals surface area contributed by atoms with Crippen LogP contribution in [0.15, 0.2) is 0 Å². The zero-order valence-electron chi connectivity index (χ0n) is 2.76. The summed E-state index contributed by atoms with van der Waals surface area (Å²) in [5, 5.41) is 0. The van der Waals surface area contributed by atoms with Crippen LogP contribution in [0.4, 0.5) is 4.20 Å². The van der Waals surface area contributed by atoms with Crippen LogP contribution in [0.5, 0.6) is 0 Å². The van der Waals surface area contributed by atoms with Gasteiger partial charge in [0.25, 0.3) is 0 Å². The second-order valence-electron chi connectivity index (χ2n) is 0.283. The first-order chi connectivity index (χ1) is 2.73. The van der Waals surface area contributed by atoms with Gasteiger partial charge in [0, 0.05) is 0 Å². The molecule has 38 valence electrons. The molecular formula is H4FO3PSi. The largest absolute Gasteiger partial charge is 0.761 e. The summed E-state index contributed by atoms with van der Waals surface area (Å²) in [4.78, 5) is 14.3. The van der Waals surface area contributed by atoms with Gasteiger partial charge in [0.05, 0.1) is 9.55 Å². The Labute approximate surface area is 38.0 Å². The first-order valence-corrected chi connectivity index (χ1v) is 2.61. The second-order valence-corrected chi connectivity index (χ2v) is 0.848. The molecular weight excluding hydrogens is 126 g/mol. The van der Waals surface area contributed by atoms with Crippen LogP contribution in [0.25, 0.3) is 0 Å². The minimum Gasteiger partial charge on any atom is -0.511 e. The Balaban J connectivity index is 0. The highest BCUT2D eigenvalue weighted by Crippen LogP contribution is 1.66. The molecule has 0 aromatic heterocycles. The molecule has 0 aliphatic rings. The van der Waals surface area contributed by atoms with E-state index in [1.165, 1.54) is 0 Å². The van der Waals surface area contributed by atoms with Crippen molar-refractivity contribution >= 4 is 18.7 Å². The third-order valence-corrected chi connectivity index (χ3v) is 0. The van der Waals surface area contributed by atoms with Gasteiger partial charge in [-0.25, -0.2) is 4.20 Å². The van der Waals surface area contributed by atoms with E-state index in [4.69, 9.17) is 14.1 Å². The predicted octanol–water partition coefficient (Wildman–Crippen LogP) is -0.868. The monoisotopic (exact) mass is 130 g/mol. The Kier molecular flexibility index (Phi) is 13.9. The van der Waals surface area contributed by atoms with Crippen molar-refractivity contribution < 1.29 is 18.3 Å². The van der Waals surface area contributed by atoms with Crippen LogP contribution in [-0.4, -0.2) is 18.8 Å². The zero-order valence-corrected chi connectivity index (χ0v) is 4.91. The van der Waals surface area contributed by atoms with E-state index in [1.54, 1.807) is 0 Å². The van der Waals surface area contributed by atoms with Gasteiger partial charge in [0.1, 0.15) is 0 Å². The van der Waals surface area contributed by atoms with E-state index in [0.29, 0.717) is 0 Å². The summed E-state index contributed by atoms with van der Waals surface area (Å²) in [5.41, 5.74) is 0. The Morgan fingerprint density at radius 1 is 1.50 bits per heavy atom. The third-order valence-electron chi connectivity index (χ3n) is 0. The summed E-state index contributed by atoms with van der Waals surface area (Å²) < 4.78 is 18.2. The topological polar surface area (TPSA) is 57.5 Å². The highest BCUT2D eigenvalue weighted by atomic mass is 31.1. The Hall–Kier alpha value is -0.0231. The summed E-state index contributed by atoms with van der Waals surface area (Å²) in [7, 11) is -2.21. The Morgan fingerprint density at radius 2 is 1.50 bits per heavy atom. The SMILES string of the molecule is FP.O=[Si](O)O. The van der Waals surface area contributed by atoms with Gasteiger partial charge in [-0.2, -0.15) is 0 Å². The molecule has 0 amide bonds. The van der Waals surface area contributed by atoms with E-state index in [-0.39, 0.29) is 0 Å². The summed E-state index contributed by atoms with van der Waals surface area (Å²) in [5.74, 6) is 0. The van der Waals surface area contributed by atoms with Crippen molar-refractivity contribution in [3.05, 3.63) is 0 Å². The molecule has 0 aliphatic carbocycles. The number of halogens is 1. The first-order valence-electron chi connectivity index (χ1n) is 0.870. The molecule has 0 aromatic carbocycles. The van der Waals surface area contributed by atoms with Crippen LogP contribution < -0.4 is 0 Å². The van der Waals surface area contributed by atoms with E-state index in [9.17, 15) is 4.20 Å². The summed E-state index contributed by atoms with van der Waals surface area (Å²) in [6.45, 7) is 0. The van der Waals surface area contributed by atoms with Gasteiger partial charge in [-0.1, -0.05) is 0 Å². The highest BCUT2D eigenvalue weighted by molar-refractivity contribution is 7.09. The minimum absolute atomic E-state index is 0.917. The van der Waals surface area contributed by atoms with Crippen LogP contribution in [-0.2, 0) is 4.46 Å². The quantitative estimate of drug-likeness (QED) is 0.331. The molecule has 1 atom stereocenters. The van der Waals surface area contributed by atoms with E-state index in [2.05, 4.69) is 0 Å². The lowest BCUT2D eigenvalue weighted by Crippen LogP contribution is -1.90. The predicted molar refractivity (Wildman–Crippen MR) is 21.7 cm³/mol. The lowest BCUT2D eigenvalue weighted by molar-refractivity contribution is 0.330. The maximum atomic E-state index is 9.42. The van der Waals surface area contributed by atoms with Gasteiger partial charge in [-0.3, -0.25) is 4.46 Å². The van der Waals surface area contributed by atoms with Crippen molar-refractivity contribution in [3.63, 3.8) is 0 Å². The minimum atomic E-state index is -3.13. The smallest absolute Gasteiger partial charge is 0.511 e. The molecule has 6 heteroatoms. The van der Waals surface area contributed by atoms with E-state index < -0.39 is 9.17 Å². The van der Waals surface area contributed by atoms with Crippen molar-refractivity contribution in [1.29, 1.82) is 0 Å². The molecule has 1 unspecified atom stereocenters. The average Bonchev–Trinajstić information content (AvgIpc) is 1.41. The molecule has 0 aromatic rings. The number of rotatable bonds is 0. The van der Waals surface area contributed by atoms with E-state index in [0.717, 1.165) is 9.55 Å². The molecule has 0 fully saturated rings. The van der Waals surface area contributed by atoms with Gasteiger partial charge in [0.2, 0.25) is 0 Å². The lowest BCUT2D eigenvalue weighted by atomic mass is 15.8. The van der Waals surface area contributed by atoms with Crippen LogP contribution >= 0.6 is 9.55 Å². The lowest BCUT2D eigenvalue weighted by Gasteiger charge is -1.55. The van der Waals surface area contributed by atoms with Crippen molar-refractivity contribution in [2.24, 2.45) is 0 Å². The van der Waals surface area contributed by atoms with Crippen molar-refractivity contribution in [1.82, 2.24) is 0 Å². The average molecular weight is 130 g/mol. The molecule has 0 heterocycles. The summed E-state index contributed by atoms with van der Waals surface area (Å²) >= 11 is 0. The fourth-order valence-electron chi connectivity index (χ4n) is 0. The zero-order chi connectivity index (χ0) is 5.58. The molecule has 0 aliphatic heterocycles. The van der Waals surface area contributed by atoms with Gasteiger partial charge >= 0.3 is 9.17 Å². The Bertz CT molecular complexity index is 33.8. The van der Waals surface area contributed by atoms with Crippen LogP contribution in [0, 0.1) is 0 Å². The van der Waals surface area contributed by atoms with Gasteiger partial charge in [-0.05, 0) is 0 Å². The third kappa shape index (κ3) is 65900. The van der Waals surface area contributed by atoms with Crippen molar-refractivity contribution in [2.45, 2.75) is 0 Å². The molecule has 0 saturated heterocycles. The number of hydrogen-bond donors (Lipinski definition) is 2. The molecule has 0 bridgehead atoms. The van der Waals surface area contributed by atoms with Crippen LogP contribution in [0.3, 0.4) is 0 Å².